The molecular formula is C19H21N3O2. The molecule has 0 radical (unpaired) electrons. The lowest BCUT2D eigenvalue weighted by atomic mass is 10.1. The lowest BCUT2D eigenvalue weighted by Crippen LogP contribution is -2.48. The van der Waals surface area contributed by atoms with Crippen molar-refractivity contribution in [2.45, 2.75) is 0 Å². The van der Waals surface area contributed by atoms with Crippen molar-refractivity contribution in [1.29, 1.82) is 0 Å². The zero-order valence-electron chi connectivity index (χ0n) is 13.6. The van der Waals surface area contributed by atoms with Gasteiger partial charge in [-0.3, -0.25) is 9.78 Å². The number of amides is 1. The summed E-state index contributed by atoms with van der Waals surface area (Å²) < 4.78 is 5.44. The van der Waals surface area contributed by atoms with Crippen LogP contribution in [0.3, 0.4) is 0 Å². The average Bonchev–Trinajstić information content (AvgIpc) is 2.67. The second-order valence-electron chi connectivity index (χ2n) is 5.61. The van der Waals surface area contributed by atoms with E-state index in [1.165, 1.54) is 0 Å². The van der Waals surface area contributed by atoms with Gasteiger partial charge in [0.2, 0.25) is 0 Å². The molecule has 1 amide bonds. The molecule has 1 saturated heterocycles. The molecule has 2 aromatic rings. The van der Waals surface area contributed by atoms with Gasteiger partial charge in [-0.15, -0.1) is 0 Å². The van der Waals surface area contributed by atoms with Crippen LogP contribution in [-0.4, -0.2) is 48.6 Å². The van der Waals surface area contributed by atoms with Gasteiger partial charge in [0.25, 0.3) is 5.91 Å². The van der Waals surface area contributed by atoms with Crippen molar-refractivity contribution >= 4 is 11.6 Å². The number of aromatic nitrogens is 1. The van der Waals surface area contributed by atoms with Gasteiger partial charge in [-0.25, -0.2) is 0 Å². The number of hydrogen-bond donors (Lipinski definition) is 0. The lowest BCUT2D eigenvalue weighted by molar-refractivity contribution is 0.0747. The largest absolute Gasteiger partial charge is 0.490 e. The molecular weight excluding hydrogens is 302 g/mol. The summed E-state index contributed by atoms with van der Waals surface area (Å²) in [4.78, 5) is 20.8. The predicted octanol–water partition coefficient (Wildman–Crippen LogP) is 2.61. The minimum atomic E-state index is 0.0691. The van der Waals surface area contributed by atoms with Crippen LogP contribution in [-0.2, 0) is 0 Å². The second kappa shape index (κ2) is 7.64. The number of piperazine rings is 1. The van der Waals surface area contributed by atoms with Crippen molar-refractivity contribution in [3.8, 4) is 5.75 Å². The van der Waals surface area contributed by atoms with E-state index in [-0.39, 0.29) is 5.91 Å². The first-order valence-corrected chi connectivity index (χ1v) is 8.06. The fourth-order valence-corrected chi connectivity index (χ4v) is 2.75. The number of hydrogen-bond acceptors (Lipinski definition) is 4. The predicted molar refractivity (Wildman–Crippen MR) is 94.5 cm³/mol. The molecule has 0 spiro atoms. The van der Waals surface area contributed by atoms with Crippen molar-refractivity contribution < 1.29 is 9.53 Å². The first-order chi connectivity index (χ1) is 11.8. The number of anilines is 1. The Morgan fingerprint density at radius 3 is 2.38 bits per heavy atom. The Bertz CT molecular complexity index is 678. The second-order valence-corrected chi connectivity index (χ2v) is 5.61. The fraction of sp³-hybridized carbons (Fsp3) is 0.263. The molecule has 2 heterocycles. The van der Waals surface area contributed by atoms with Crippen LogP contribution in [0.2, 0.25) is 0 Å². The van der Waals surface area contributed by atoms with Crippen molar-refractivity contribution in [3.05, 3.63) is 67.0 Å². The molecule has 1 aliphatic heterocycles. The summed E-state index contributed by atoms with van der Waals surface area (Å²) in [6.45, 7) is 7.18. The number of benzene rings is 1. The van der Waals surface area contributed by atoms with Crippen LogP contribution in [0.15, 0.2) is 61.4 Å². The highest BCUT2D eigenvalue weighted by Crippen LogP contribution is 2.18. The number of pyridine rings is 1. The molecule has 0 saturated carbocycles. The summed E-state index contributed by atoms with van der Waals surface area (Å²) in [5.41, 5.74) is 1.85. The van der Waals surface area contributed by atoms with E-state index in [0.717, 1.165) is 37.6 Å². The van der Waals surface area contributed by atoms with Gasteiger partial charge in [0, 0.05) is 49.8 Å². The first-order valence-electron chi connectivity index (χ1n) is 8.06. The highest BCUT2D eigenvalue weighted by molar-refractivity contribution is 5.94. The zero-order valence-corrected chi connectivity index (χ0v) is 13.6. The summed E-state index contributed by atoms with van der Waals surface area (Å²) in [6, 6.07) is 11.3. The van der Waals surface area contributed by atoms with Crippen LogP contribution in [0.5, 0.6) is 5.75 Å². The molecule has 5 heteroatoms. The molecule has 124 valence electrons. The minimum absolute atomic E-state index is 0.0691. The van der Waals surface area contributed by atoms with Gasteiger partial charge in [-0.2, -0.15) is 0 Å². The molecule has 5 nitrogen and oxygen atoms in total. The van der Waals surface area contributed by atoms with Crippen LogP contribution in [0.25, 0.3) is 0 Å². The van der Waals surface area contributed by atoms with E-state index in [1.807, 2.05) is 41.3 Å². The van der Waals surface area contributed by atoms with Crippen molar-refractivity contribution in [2.24, 2.45) is 0 Å². The van der Waals surface area contributed by atoms with Gasteiger partial charge in [-0.05, 0) is 36.4 Å². The van der Waals surface area contributed by atoms with Crippen molar-refractivity contribution in [3.63, 3.8) is 0 Å². The van der Waals surface area contributed by atoms with E-state index in [9.17, 15) is 4.79 Å². The van der Waals surface area contributed by atoms with Gasteiger partial charge in [0.1, 0.15) is 12.4 Å². The monoisotopic (exact) mass is 323 g/mol. The normalized spacial score (nSPS) is 14.3. The van der Waals surface area contributed by atoms with Crippen LogP contribution in [0.4, 0.5) is 5.69 Å². The molecule has 0 atom stereocenters. The van der Waals surface area contributed by atoms with E-state index in [0.29, 0.717) is 12.2 Å². The standard InChI is InChI=1S/C19H21N3O2/c1-2-15-24-18-5-3-16(4-6-18)19(23)22-13-11-21(12-14-22)17-7-9-20-10-8-17/h2-10H,1,11-15H2. The number of nitrogens with zero attached hydrogens (tertiary/aromatic N) is 3. The summed E-state index contributed by atoms with van der Waals surface area (Å²) in [5.74, 6) is 0.814. The summed E-state index contributed by atoms with van der Waals surface area (Å²) >= 11 is 0. The SMILES string of the molecule is C=CCOc1ccc(C(=O)N2CCN(c3ccncc3)CC2)cc1. The number of carbonyl (C=O) groups excluding carboxylic acids is 1. The fourth-order valence-electron chi connectivity index (χ4n) is 2.75. The molecule has 1 aliphatic rings. The Labute approximate surface area is 142 Å². The maximum atomic E-state index is 12.6. The highest BCUT2D eigenvalue weighted by Gasteiger charge is 2.22. The average molecular weight is 323 g/mol. The molecule has 1 aromatic carbocycles. The molecule has 1 aromatic heterocycles. The Morgan fingerprint density at radius 1 is 1.08 bits per heavy atom. The summed E-state index contributed by atoms with van der Waals surface area (Å²) in [6.07, 6.45) is 5.28. The molecule has 0 N–H and O–H groups in total. The van der Waals surface area contributed by atoms with Crippen molar-refractivity contribution in [1.82, 2.24) is 9.88 Å². The van der Waals surface area contributed by atoms with Gasteiger partial charge in [0.05, 0.1) is 0 Å². The van der Waals surface area contributed by atoms with E-state index in [4.69, 9.17) is 4.74 Å². The topological polar surface area (TPSA) is 45.7 Å². The Kier molecular flexibility index (Phi) is 5.11. The number of ether oxygens (including phenoxy) is 1. The van der Waals surface area contributed by atoms with E-state index in [2.05, 4.69) is 16.5 Å². The number of rotatable bonds is 5. The van der Waals surface area contributed by atoms with E-state index < -0.39 is 0 Å². The maximum absolute atomic E-state index is 12.6. The van der Waals surface area contributed by atoms with Crippen molar-refractivity contribution in [2.75, 3.05) is 37.7 Å². The highest BCUT2D eigenvalue weighted by atomic mass is 16.5. The smallest absolute Gasteiger partial charge is 0.253 e. The zero-order chi connectivity index (χ0) is 16.8. The first kappa shape index (κ1) is 16.1. The van der Waals surface area contributed by atoms with Gasteiger partial charge < -0.3 is 14.5 Å². The van der Waals surface area contributed by atoms with Crippen LogP contribution in [0, 0.1) is 0 Å². The Hall–Kier alpha value is -2.82. The molecule has 0 bridgehead atoms. The maximum Gasteiger partial charge on any atom is 0.253 e. The Balaban J connectivity index is 1.58. The third kappa shape index (κ3) is 3.74. The third-order valence-corrected chi connectivity index (χ3v) is 4.06. The molecule has 24 heavy (non-hydrogen) atoms. The number of carbonyl (C=O) groups is 1. The molecule has 0 aliphatic carbocycles. The molecule has 3 rings (SSSR count). The lowest BCUT2D eigenvalue weighted by Gasteiger charge is -2.36. The summed E-state index contributed by atoms with van der Waals surface area (Å²) in [7, 11) is 0. The van der Waals surface area contributed by atoms with E-state index >= 15 is 0 Å². The third-order valence-electron chi connectivity index (χ3n) is 4.06. The Morgan fingerprint density at radius 2 is 1.75 bits per heavy atom. The minimum Gasteiger partial charge on any atom is -0.490 e. The van der Waals surface area contributed by atoms with Gasteiger partial charge in [-0.1, -0.05) is 12.7 Å². The quantitative estimate of drug-likeness (QED) is 0.794. The van der Waals surface area contributed by atoms with Gasteiger partial charge >= 0.3 is 0 Å². The van der Waals surface area contributed by atoms with Gasteiger partial charge in [0.15, 0.2) is 0 Å². The van der Waals surface area contributed by atoms with Crippen LogP contribution >= 0.6 is 0 Å². The van der Waals surface area contributed by atoms with Crippen LogP contribution < -0.4 is 9.64 Å². The summed E-state index contributed by atoms with van der Waals surface area (Å²) in [5, 5.41) is 0. The van der Waals surface area contributed by atoms with E-state index in [1.54, 1.807) is 18.5 Å². The van der Waals surface area contributed by atoms with Crippen LogP contribution in [0.1, 0.15) is 10.4 Å². The molecule has 0 unspecified atom stereocenters. The molecule has 1 fully saturated rings.